The van der Waals surface area contributed by atoms with Crippen molar-refractivity contribution in [3.05, 3.63) is 35.8 Å². The first kappa shape index (κ1) is 17.0. The molecule has 130 valence electrons. The van der Waals surface area contributed by atoms with E-state index in [9.17, 15) is 4.79 Å². The van der Waals surface area contributed by atoms with Gasteiger partial charge in [0.2, 0.25) is 0 Å². The highest BCUT2D eigenvalue weighted by Gasteiger charge is 2.26. The van der Waals surface area contributed by atoms with Crippen LogP contribution in [0.25, 0.3) is 5.65 Å². The van der Waals surface area contributed by atoms with Crippen LogP contribution in [0.1, 0.15) is 49.2 Å². The molecule has 1 aliphatic rings. The highest BCUT2D eigenvalue weighted by Crippen LogP contribution is 2.17. The lowest BCUT2D eigenvalue weighted by Gasteiger charge is -2.32. The van der Waals surface area contributed by atoms with Crippen LogP contribution in [0.3, 0.4) is 0 Å². The van der Waals surface area contributed by atoms with Gasteiger partial charge in [-0.05, 0) is 37.0 Å². The van der Waals surface area contributed by atoms with Gasteiger partial charge in [0.1, 0.15) is 11.3 Å². The standard InChI is InChI=1S/C19H27N3O2/c1-14(2)5-4-6-16-12-22(9-10-24-16)19(23)17-13-21-8-7-15(3)11-18(21)20-17/h7-8,11,13-14,16H,4-6,9-10,12H2,1-3H3/t16-/m1/s1. The number of nitrogens with zero attached hydrogens (tertiary/aromatic N) is 3. The average molecular weight is 329 g/mol. The molecule has 2 aromatic rings. The number of aryl methyl sites for hydroxylation is 1. The van der Waals surface area contributed by atoms with E-state index >= 15 is 0 Å². The third kappa shape index (κ3) is 3.96. The number of carbonyl (C=O) groups is 1. The molecule has 3 rings (SSSR count). The first-order valence-electron chi connectivity index (χ1n) is 8.89. The van der Waals surface area contributed by atoms with Crippen LogP contribution in [0.5, 0.6) is 0 Å². The average Bonchev–Trinajstić information content (AvgIpc) is 2.97. The fraction of sp³-hybridized carbons (Fsp3) is 0.579. The van der Waals surface area contributed by atoms with Crippen LogP contribution in [-0.4, -0.2) is 46.0 Å². The predicted molar refractivity (Wildman–Crippen MR) is 94.3 cm³/mol. The summed E-state index contributed by atoms with van der Waals surface area (Å²) in [5.41, 5.74) is 2.48. The zero-order valence-corrected chi connectivity index (χ0v) is 14.9. The Labute approximate surface area is 143 Å². The Morgan fingerprint density at radius 3 is 3.08 bits per heavy atom. The first-order chi connectivity index (χ1) is 11.5. The van der Waals surface area contributed by atoms with Gasteiger partial charge in [0.05, 0.1) is 12.7 Å². The van der Waals surface area contributed by atoms with E-state index in [1.54, 1.807) is 0 Å². The van der Waals surface area contributed by atoms with Gasteiger partial charge in [-0.25, -0.2) is 4.98 Å². The number of hydrogen-bond acceptors (Lipinski definition) is 3. The lowest BCUT2D eigenvalue weighted by Crippen LogP contribution is -2.45. The van der Waals surface area contributed by atoms with Gasteiger partial charge in [-0.15, -0.1) is 0 Å². The maximum atomic E-state index is 12.8. The molecule has 3 heterocycles. The summed E-state index contributed by atoms with van der Waals surface area (Å²) in [5.74, 6) is 0.723. The largest absolute Gasteiger partial charge is 0.375 e. The van der Waals surface area contributed by atoms with E-state index in [1.165, 1.54) is 6.42 Å². The highest BCUT2D eigenvalue weighted by molar-refractivity contribution is 5.93. The Balaban J connectivity index is 1.64. The number of aromatic nitrogens is 2. The van der Waals surface area contributed by atoms with Crippen LogP contribution < -0.4 is 0 Å². The van der Waals surface area contributed by atoms with Crippen molar-refractivity contribution in [2.75, 3.05) is 19.7 Å². The van der Waals surface area contributed by atoms with Crippen LogP contribution in [0, 0.1) is 12.8 Å². The normalized spacial score (nSPS) is 18.5. The van der Waals surface area contributed by atoms with Crippen LogP contribution in [0.2, 0.25) is 0 Å². The highest BCUT2D eigenvalue weighted by atomic mass is 16.5. The van der Waals surface area contributed by atoms with Crippen molar-refractivity contribution in [3.8, 4) is 0 Å². The molecular weight excluding hydrogens is 302 g/mol. The van der Waals surface area contributed by atoms with Crippen molar-refractivity contribution in [3.63, 3.8) is 0 Å². The topological polar surface area (TPSA) is 46.8 Å². The molecule has 2 aromatic heterocycles. The van der Waals surface area contributed by atoms with Crippen molar-refractivity contribution in [2.24, 2.45) is 5.92 Å². The van der Waals surface area contributed by atoms with Gasteiger partial charge in [-0.1, -0.05) is 26.7 Å². The second-order valence-electron chi connectivity index (χ2n) is 7.16. The van der Waals surface area contributed by atoms with Crippen LogP contribution in [0.4, 0.5) is 0 Å². The molecule has 0 aliphatic carbocycles. The number of hydrogen-bond donors (Lipinski definition) is 0. The summed E-state index contributed by atoms with van der Waals surface area (Å²) in [6, 6.07) is 4.01. The van der Waals surface area contributed by atoms with Gasteiger partial charge in [0.25, 0.3) is 5.91 Å². The monoisotopic (exact) mass is 329 g/mol. The van der Waals surface area contributed by atoms with E-state index in [0.717, 1.165) is 24.1 Å². The number of fused-ring (bicyclic) bond motifs is 1. The molecule has 0 saturated carbocycles. The van der Waals surface area contributed by atoms with Gasteiger partial charge in [-0.3, -0.25) is 4.79 Å². The number of amides is 1. The van der Waals surface area contributed by atoms with Crippen molar-refractivity contribution < 1.29 is 9.53 Å². The molecule has 1 saturated heterocycles. The fourth-order valence-corrected chi connectivity index (χ4v) is 3.18. The third-order valence-electron chi connectivity index (χ3n) is 4.57. The van der Waals surface area contributed by atoms with E-state index in [0.29, 0.717) is 31.3 Å². The number of morpholine rings is 1. The molecule has 24 heavy (non-hydrogen) atoms. The summed E-state index contributed by atoms with van der Waals surface area (Å²) < 4.78 is 7.73. The first-order valence-corrected chi connectivity index (χ1v) is 8.89. The predicted octanol–water partition coefficient (Wildman–Crippen LogP) is 3.31. The fourth-order valence-electron chi connectivity index (χ4n) is 3.18. The summed E-state index contributed by atoms with van der Waals surface area (Å²) in [6.07, 6.45) is 7.30. The maximum absolute atomic E-state index is 12.8. The Morgan fingerprint density at radius 1 is 1.46 bits per heavy atom. The molecule has 5 heteroatoms. The van der Waals surface area contributed by atoms with Gasteiger partial charge in [0.15, 0.2) is 0 Å². The Morgan fingerprint density at radius 2 is 2.29 bits per heavy atom. The smallest absolute Gasteiger partial charge is 0.274 e. The summed E-state index contributed by atoms with van der Waals surface area (Å²) in [4.78, 5) is 19.2. The molecular formula is C19H27N3O2. The summed E-state index contributed by atoms with van der Waals surface area (Å²) >= 11 is 0. The second kappa shape index (κ2) is 7.34. The van der Waals surface area contributed by atoms with E-state index in [-0.39, 0.29) is 12.0 Å². The van der Waals surface area contributed by atoms with E-state index < -0.39 is 0 Å². The SMILES string of the molecule is Cc1ccn2cc(C(=O)N3CCO[C@H](CCCC(C)C)C3)nc2c1. The Hall–Kier alpha value is -1.88. The van der Waals surface area contributed by atoms with Crippen LogP contribution in [-0.2, 0) is 4.74 Å². The zero-order chi connectivity index (χ0) is 17.1. The second-order valence-corrected chi connectivity index (χ2v) is 7.16. The van der Waals surface area contributed by atoms with Gasteiger partial charge < -0.3 is 14.0 Å². The summed E-state index contributed by atoms with van der Waals surface area (Å²) in [5, 5.41) is 0. The van der Waals surface area contributed by atoms with E-state index in [1.807, 2.05) is 40.8 Å². The zero-order valence-electron chi connectivity index (χ0n) is 14.9. The third-order valence-corrected chi connectivity index (χ3v) is 4.57. The minimum Gasteiger partial charge on any atom is -0.375 e. The van der Waals surface area contributed by atoms with E-state index in [2.05, 4.69) is 18.8 Å². The van der Waals surface area contributed by atoms with Crippen molar-refractivity contribution in [2.45, 2.75) is 46.1 Å². The number of rotatable bonds is 5. The van der Waals surface area contributed by atoms with Crippen LogP contribution >= 0.6 is 0 Å². The maximum Gasteiger partial charge on any atom is 0.274 e. The molecule has 1 amide bonds. The molecule has 1 aliphatic heterocycles. The number of imidazole rings is 1. The quantitative estimate of drug-likeness (QED) is 0.845. The van der Waals surface area contributed by atoms with Crippen molar-refractivity contribution >= 4 is 11.6 Å². The number of carbonyl (C=O) groups excluding carboxylic acids is 1. The summed E-state index contributed by atoms with van der Waals surface area (Å²) in [6.45, 7) is 8.44. The molecule has 5 nitrogen and oxygen atoms in total. The lowest BCUT2D eigenvalue weighted by atomic mass is 10.0. The van der Waals surface area contributed by atoms with Crippen molar-refractivity contribution in [1.82, 2.24) is 14.3 Å². The Bertz CT molecular complexity index is 708. The molecule has 1 atom stereocenters. The molecule has 0 aromatic carbocycles. The molecule has 1 fully saturated rings. The summed E-state index contributed by atoms with van der Waals surface area (Å²) in [7, 11) is 0. The Kier molecular flexibility index (Phi) is 5.19. The van der Waals surface area contributed by atoms with Crippen molar-refractivity contribution in [1.29, 1.82) is 0 Å². The van der Waals surface area contributed by atoms with Gasteiger partial charge >= 0.3 is 0 Å². The molecule has 0 unspecified atom stereocenters. The molecule has 0 N–H and O–H groups in total. The molecule has 0 radical (unpaired) electrons. The van der Waals surface area contributed by atoms with Crippen LogP contribution in [0.15, 0.2) is 24.5 Å². The molecule has 0 bridgehead atoms. The molecule has 0 spiro atoms. The van der Waals surface area contributed by atoms with E-state index in [4.69, 9.17) is 4.74 Å². The minimum absolute atomic E-state index is 0.00788. The minimum atomic E-state index is 0.00788. The number of pyridine rings is 1. The number of ether oxygens (including phenoxy) is 1. The van der Waals surface area contributed by atoms with Gasteiger partial charge in [0, 0.05) is 25.5 Å². The lowest BCUT2D eigenvalue weighted by molar-refractivity contribution is -0.0261. The van der Waals surface area contributed by atoms with Gasteiger partial charge in [-0.2, -0.15) is 0 Å².